The normalized spacial score (nSPS) is 21.6. The Hall–Kier alpha value is -3.87. The number of ketones is 1. The van der Waals surface area contributed by atoms with Crippen LogP contribution in [-0.2, 0) is 22.6 Å². The topological polar surface area (TPSA) is 80.0 Å². The highest BCUT2D eigenvalue weighted by Gasteiger charge is 2.47. The van der Waals surface area contributed by atoms with Crippen LogP contribution in [0.3, 0.4) is 0 Å². The molecule has 2 aliphatic heterocycles. The van der Waals surface area contributed by atoms with Gasteiger partial charge in [-0.25, -0.2) is 4.39 Å². The Kier molecular flexibility index (Phi) is 4.81. The number of hydrogen-bond acceptors (Lipinski definition) is 5. The minimum absolute atomic E-state index is 0.0136. The van der Waals surface area contributed by atoms with Crippen molar-refractivity contribution < 1.29 is 28.2 Å². The molecule has 1 saturated heterocycles. The first-order valence-corrected chi connectivity index (χ1v) is 10.3. The lowest BCUT2D eigenvalue weighted by Gasteiger charge is -2.24. The number of likely N-dealkylation sites (tertiary alicyclic amines) is 1. The molecule has 0 aliphatic carbocycles. The quantitative estimate of drug-likeness (QED) is 0.376. The van der Waals surface area contributed by atoms with Crippen molar-refractivity contribution >= 4 is 17.4 Å². The molecular formula is C25H20FNO5. The molecule has 0 spiro atoms. The number of furan rings is 1. The SMILES string of the molecule is C[C@H]1Cc2cc(/C(O)=C3\C(=O)C(=O)N(Cc4ccco4)[C@@H]3c3ccccc3F)ccc2O1. The maximum absolute atomic E-state index is 14.8. The molecule has 1 fully saturated rings. The number of amides is 1. The first-order valence-electron chi connectivity index (χ1n) is 10.3. The second kappa shape index (κ2) is 7.67. The molecule has 2 aromatic carbocycles. The van der Waals surface area contributed by atoms with E-state index in [1.54, 1.807) is 36.4 Å². The van der Waals surface area contributed by atoms with Gasteiger partial charge < -0.3 is 19.2 Å². The van der Waals surface area contributed by atoms with Crippen LogP contribution in [0.15, 0.2) is 70.9 Å². The van der Waals surface area contributed by atoms with E-state index in [9.17, 15) is 19.1 Å². The van der Waals surface area contributed by atoms with Crippen LogP contribution >= 0.6 is 0 Å². The molecule has 0 bridgehead atoms. The summed E-state index contributed by atoms with van der Waals surface area (Å²) in [6.07, 6.45) is 2.14. The lowest BCUT2D eigenvalue weighted by atomic mass is 9.94. The third kappa shape index (κ3) is 3.26. The molecule has 1 N–H and O–H groups in total. The summed E-state index contributed by atoms with van der Waals surface area (Å²) in [5, 5.41) is 11.2. The van der Waals surface area contributed by atoms with Gasteiger partial charge in [0.2, 0.25) is 0 Å². The van der Waals surface area contributed by atoms with Crippen molar-refractivity contribution in [1.29, 1.82) is 0 Å². The highest BCUT2D eigenvalue weighted by molar-refractivity contribution is 6.46. The van der Waals surface area contributed by atoms with Crippen LogP contribution in [0.1, 0.15) is 35.4 Å². The number of Topliss-reactive ketones (excluding diaryl/α,β-unsaturated/α-hetero) is 1. The Morgan fingerprint density at radius 3 is 2.72 bits per heavy atom. The Balaban J connectivity index is 1.65. The van der Waals surface area contributed by atoms with Gasteiger partial charge in [0.25, 0.3) is 11.7 Å². The molecule has 7 heteroatoms. The first kappa shape index (κ1) is 20.1. The summed E-state index contributed by atoms with van der Waals surface area (Å²) in [5.74, 6) is -1.46. The Labute approximate surface area is 183 Å². The minimum Gasteiger partial charge on any atom is -0.507 e. The number of aliphatic hydroxyl groups excluding tert-OH is 1. The van der Waals surface area contributed by atoms with Crippen LogP contribution in [0.25, 0.3) is 5.76 Å². The van der Waals surface area contributed by atoms with E-state index < -0.39 is 23.5 Å². The predicted octanol–water partition coefficient (Wildman–Crippen LogP) is 4.36. The third-order valence-corrected chi connectivity index (χ3v) is 5.82. The zero-order valence-electron chi connectivity index (χ0n) is 17.2. The molecular weight excluding hydrogens is 413 g/mol. The van der Waals surface area contributed by atoms with Gasteiger partial charge in [-0.2, -0.15) is 0 Å². The molecule has 3 aromatic rings. The van der Waals surface area contributed by atoms with Crippen molar-refractivity contribution in [3.63, 3.8) is 0 Å². The van der Waals surface area contributed by atoms with Crippen LogP contribution in [0.4, 0.5) is 4.39 Å². The van der Waals surface area contributed by atoms with Crippen molar-refractivity contribution in [2.24, 2.45) is 0 Å². The van der Waals surface area contributed by atoms with Gasteiger partial charge in [0, 0.05) is 17.5 Å². The summed E-state index contributed by atoms with van der Waals surface area (Å²) in [7, 11) is 0. The number of halogens is 1. The van der Waals surface area contributed by atoms with Gasteiger partial charge in [-0.1, -0.05) is 18.2 Å². The maximum atomic E-state index is 14.8. The molecule has 1 amide bonds. The number of hydrogen-bond donors (Lipinski definition) is 1. The summed E-state index contributed by atoms with van der Waals surface area (Å²) >= 11 is 0. The van der Waals surface area contributed by atoms with Crippen molar-refractivity contribution in [3.05, 3.63) is 94.7 Å². The first-order chi connectivity index (χ1) is 15.4. The van der Waals surface area contributed by atoms with Crippen molar-refractivity contribution in [2.75, 3.05) is 0 Å². The van der Waals surface area contributed by atoms with Crippen LogP contribution < -0.4 is 4.74 Å². The van der Waals surface area contributed by atoms with Gasteiger partial charge >= 0.3 is 0 Å². The monoisotopic (exact) mass is 433 g/mol. The third-order valence-electron chi connectivity index (χ3n) is 5.82. The Bertz CT molecular complexity index is 1250. The van der Waals surface area contributed by atoms with E-state index in [1.165, 1.54) is 29.4 Å². The molecule has 1 aromatic heterocycles. The highest BCUT2D eigenvalue weighted by Crippen LogP contribution is 2.42. The summed E-state index contributed by atoms with van der Waals surface area (Å²) in [5.41, 5.74) is 1.24. The second-order valence-corrected chi connectivity index (χ2v) is 7.98. The number of nitrogens with zero attached hydrogens (tertiary/aromatic N) is 1. The van der Waals surface area contributed by atoms with E-state index >= 15 is 0 Å². The van der Waals surface area contributed by atoms with Gasteiger partial charge in [-0.3, -0.25) is 9.59 Å². The van der Waals surface area contributed by atoms with Gasteiger partial charge in [0.05, 0.1) is 24.4 Å². The molecule has 0 saturated carbocycles. The fourth-order valence-corrected chi connectivity index (χ4v) is 4.36. The molecule has 5 rings (SSSR count). The summed E-state index contributed by atoms with van der Waals surface area (Å²) < 4.78 is 25.9. The smallest absolute Gasteiger partial charge is 0.296 e. The van der Waals surface area contributed by atoms with E-state index in [2.05, 4.69) is 0 Å². The number of aliphatic hydroxyl groups is 1. The van der Waals surface area contributed by atoms with E-state index in [0.717, 1.165) is 11.3 Å². The number of benzene rings is 2. The van der Waals surface area contributed by atoms with E-state index in [4.69, 9.17) is 9.15 Å². The molecule has 0 radical (unpaired) electrons. The number of carbonyl (C=O) groups is 2. The van der Waals surface area contributed by atoms with E-state index in [0.29, 0.717) is 17.7 Å². The van der Waals surface area contributed by atoms with Crippen molar-refractivity contribution in [1.82, 2.24) is 4.90 Å². The summed E-state index contributed by atoms with van der Waals surface area (Å²) in [4.78, 5) is 27.2. The number of carbonyl (C=O) groups excluding carboxylic acids is 2. The predicted molar refractivity (Wildman–Crippen MR) is 113 cm³/mol. The fourth-order valence-electron chi connectivity index (χ4n) is 4.36. The van der Waals surface area contributed by atoms with Crippen LogP contribution in [0.5, 0.6) is 5.75 Å². The van der Waals surface area contributed by atoms with Crippen molar-refractivity contribution in [3.8, 4) is 5.75 Å². The molecule has 3 heterocycles. The van der Waals surface area contributed by atoms with Gasteiger partial charge in [0.1, 0.15) is 29.2 Å². The molecule has 6 nitrogen and oxygen atoms in total. The molecule has 162 valence electrons. The second-order valence-electron chi connectivity index (χ2n) is 7.98. The molecule has 2 atom stereocenters. The maximum Gasteiger partial charge on any atom is 0.296 e. The van der Waals surface area contributed by atoms with Crippen LogP contribution in [-0.4, -0.2) is 27.8 Å². The molecule has 32 heavy (non-hydrogen) atoms. The Morgan fingerprint density at radius 2 is 1.97 bits per heavy atom. The average molecular weight is 433 g/mol. The van der Waals surface area contributed by atoms with Crippen LogP contribution in [0, 0.1) is 5.82 Å². The summed E-state index contributed by atoms with van der Waals surface area (Å²) in [6.45, 7) is 1.90. The Morgan fingerprint density at radius 1 is 1.16 bits per heavy atom. The lowest BCUT2D eigenvalue weighted by Crippen LogP contribution is -2.29. The van der Waals surface area contributed by atoms with Gasteiger partial charge in [-0.05, 0) is 48.9 Å². The number of ether oxygens (including phenoxy) is 1. The molecule has 0 unspecified atom stereocenters. The summed E-state index contributed by atoms with van der Waals surface area (Å²) in [6, 6.07) is 13.3. The van der Waals surface area contributed by atoms with Gasteiger partial charge in [0.15, 0.2) is 0 Å². The number of rotatable bonds is 4. The number of fused-ring (bicyclic) bond motifs is 1. The zero-order valence-corrected chi connectivity index (χ0v) is 17.2. The molecule has 2 aliphatic rings. The zero-order chi connectivity index (χ0) is 22.4. The van der Waals surface area contributed by atoms with Crippen molar-refractivity contribution in [2.45, 2.75) is 32.0 Å². The van der Waals surface area contributed by atoms with Gasteiger partial charge in [-0.15, -0.1) is 0 Å². The minimum atomic E-state index is -1.09. The average Bonchev–Trinajstić information content (AvgIpc) is 3.48. The van der Waals surface area contributed by atoms with E-state index in [-0.39, 0.29) is 29.5 Å². The highest BCUT2D eigenvalue weighted by atomic mass is 19.1. The van der Waals surface area contributed by atoms with E-state index in [1.807, 2.05) is 6.92 Å². The largest absolute Gasteiger partial charge is 0.507 e. The lowest BCUT2D eigenvalue weighted by molar-refractivity contribution is -0.140. The fraction of sp³-hybridized carbons (Fsp3) is 0.200. The van der Waals surface area contributed by atoms with Crippen LogP contribution in [0.2, 0.25) is 0 Å². The standard InChI is InChI=1S/C25H20FNO5/c1-14-11-16-12-15(8-9-20(16)32-14)23(28)21-22(18-6-2-3-7-19(18)26)27(25(30)24(21)29)13-17-5-4-10-31-17/h2-10,12,14,22,28H,11,13H2,1H3/b23-21+/t14-,22+/m0/s1.